The van der Waals surface area contributed by atoms with Gasteiger partial charge in [0.2, 0.25) is 19.0 Å². The Labute approximate surface area is 196 Å². The smallest absolute Gasteiger partial charge is 0.254 e. The lowest BCUT2D eigenvalue weighted by molar-refractivity contribution is -0.778. The van der Waals surface area contributed by atoms with E-state index in [-0.39, 0.29) is 11.9 Å². The van der Waals surface area contributed by atoms with Gasteiger partial charge in [-0.3, -0.25) is 19.3 Å². The van der Waals surface area contributed by atoms with Gasteiger partial charge in [0.15, 0.2) is 24.8 Å². The van der Waals surface area contributed by atoms with E-state index in [2.05, 4.69) is 20.8 Å². The first-order valence-electron chi connectivity index (χ1n) is 10.5. The Morgan fingerprint density at radius 3 is 1.91 bits per heavy atom. The van der Waals surface area contributed by atoms with E-state index in [1.165, 1.54) is 6.42 Å². The number of hydrogen-bond acceptors (Lipinski definition) is 4. The zero-order chi connectivity index (χ0) is 23.5. The van der Waals surface area contributed by atoms with Crippen molar-refractivity contribution < 1.29 is 23.5 Å². The molecular formula is C22H31BrN6O3+2. The Morgan fingerprint density at radius 2 is 1.47 bits per heavy atom. The molecule has 3 rings (SSSR count). The molecule has 2 aromatic rings. The summed E-state index contributed by atoms with van der Waals surface area (Å²) in [5.41, 5.74) is 16.7. The monoisotopic (exact) mass is 506 g/mol. The van der Waals surface area contributed by atoms with Crippen molar-refractivity contribution in [3.05, 3.63) is 60.2 Å². The predicted octanol–water partition coefficient (Wildman–Crippen LogP) is -0.119. The number of carbonyl (C=O) groups excluding carboxylic acids is 3. The van der Waals surface area contributed by atoms with E-state index < -0.39 is 11.8 Å². The minimum Gasteiger partial charge on any atom is -0.368 e. The van der Waals surface area contributed by atoms with E-state index in [1.54, 1.807) is 36.7 Å². The van der Waals surface area contributed by atoms with Crippen LogP contribution in [0.1, 0.15) is 40.0 Å². The summed E-state index contributed by atoms with van der Waals surface area (Å²) in [4.78, 5) is 35.4. The number of primary amides is 3. The third kappa shape index (κ3) is 8.01. The molecule has 6 N–H and O–H groups in total. The Hall–Kier alpha value is -2.85. The summed E-state index contributed by atoms with van der Waals surface area (Å²) in [6.45, 7) is 3.23. The molecule has 1 atom stereocenters. The van der Waals surface area contributed by atoms with Crippen LogP contribution in [0.25, 0.3) is 0 Å². The molecule has 3 amide bonds. The molecule has 1 saturated heterocycles. The number of alkyl halides is 1. The number of likely N-dealkylation sites (tertiary alicyclic amines) is 1. The van der Waals surface area contributed by atoms with Gasteiger partial charge in [-0.1, -0.05) is 22.4 Å². The molecule has 0 aliphatic carbocycles. The number of hydrogen-bond donors (Lipinski definition) is 3. The van der Waals surface area contributed by atoms with Crippen LogP contribution in [0.2, 0.25) is 0 Å². The van der Waals surface area contributed by atoms with Gasteiger partial charge in [0.05, 0.1) is 6.04 Å². The van der Waals surface area contributed by atoms with Crippen LogP contribution in [0.5, 0.6) is 0 Å². The number of pyridine rings is 2. The molecule has 0 spiro atoms. The highest BCUT2D eigenvalue weighted by Crippen LogP contribution is 2.16. The third-order valence-corrected chi connectivity index (χ3v) is 5.57. The average molecular weight is 507 g/mol. The van der Waals surface area contributed by atoms with Crippen molar-refractivity contribution in [2.75, 3.05) is 18.4 Å². The van der Waals surface area contributed by atoms with E-state index in [9.17, 15) is 14.4 Å². The lowest BCUT2D eigenvalue weighted by Gasteiger charge is -2.32. The summed E-state index contributed by atoms with van der Waals surface area (Å²) in [5, 5.41) is 0.913. The number of nitrogens with two attached hydrogens (primary N) is 3. The standard InChI is InChI=1S/C14H14N4O2.C8H15BrN2O/c15-13(19)11-3-1-5-17(9-11)7-8-18-6-2-4-12(10-18)14(16)20;9-4-6-11-5-2-1-3-7(11)8(10)12/h1-6,9-10H,7-8H2,(H2-2,15,16,19,20);7H,1-6H2,(H2,10,12)/p+2. The predicted molar refractivity (Wildman–Crippen MR) is 123 cm³/mol. The zero-order valence-corrected chi connectivity index (χ0v) is 19.6. The number of aromatic nitrogens is 2. The fourth-order valence-corrected chi connectivity index (χ4v) is 3.99. The maximum Gasteiger partial charge on any atom is 0.254 e. The van der Waals surface area contributed by atoms with Gasteiger partial charge >= 0.3 is 0 Å². The molecule has 172 valence electrons. The summed E-state index contributed by atoms with van der Waals surface area (Å²) in [6, 6.07) is 6.85. The molecule has 1 unspecified atom stereocenters. The summed E-state index contributed by atoms with van der Waals surface area (Å²) >= 11 is 3.37. The van der Waals surface area contributed by atoms with Gasteiger partial charge in [0.25, 0.3) is 11.8 Å². The molecule has 0 saturated carbocycles. The van der Waals surface area contributed by atoms with E-state index in [0.717, 1.165) is 31.3 Å². The SMILES string of the molecule is NC(=O)C1CCCCN1CCBr.NC(=O)c1ccc[n+](CC[n+]2cccc(C(N)=O)c2)c1. The van der Waals surface area contributed by atoms with E-state index in [0.29, 0.717) is 24.2 Å². The van der Waals surface area contributed by atoms with Gasteiger partial charge in [-0.25, -0.2) is 0 Å². The highest BCUT2D eigenvalue weighted by atomic mass is 79.9. The number of aryl methyl sites for hydroxylation is 2. The van der Waals surface area contributed by atoms with Crippen molar-refractivity contribution in [1.82, 2.24) is 4.90 Å². The van der Waals surface area contributed by atoms with Crippen LogP contribution in [0.15, 0.2) is 49.1 Å². The molecule has 2 aromatic heterocycles. The largest absolute Gasteiger partial charge is 0.368 e. The molecule has 0 radical (unpaired) electrons. The molecule has 1 aliphatic heterocycles. The van der Waals surface area contributed by atoms with Crippen molar-refractivity contribution in [3.8, 4) is 0 Å². The summed E-state index contributed by atoms with van der Waals surface area (Å²) in [6.07, 6.45) is 10.4. The normalized spacial score (nSPS) is 16.0. The molecular weight excluding hydrogens is 476 g/mol. The van der Waals surface area contributed by atoms with Gasteiger partial charge in [-0.05, 0) is 31.5 Å². The van der Waals surface area contributed by atoms with Crippen LogP contribution in [0, 0.1) is 0 Å². The molecule has 9 nitrogen and oxygen atoms in total. The first-order chi connectivity index (χ1) is 15.3. The number of amides is 3. The number of rotatable bonds is 8. The van der Waals surface area contributed by atoms with Crippen LogP contribution in [-0.2, 0) is 17.9 Å². The van der Waals surface area contributed by atoms with Crippen LogP contribution >= 0.6 is 15.9 Å². The van der Waals surface area contributed by atoms with Crippen LogP contribution in [-0.4, -0.2) is 47.1 Å². The second-order valence-corrected chi connectivity index (χ2v) is 8.32. The maximum atomic E-state index is 11.1. The van der Waals surface area contributed by atoms with Crippen molar-refractivity contribution in [3.63, 3.8) is 0 Å². The van der Waals surface area contributed by atoms with Crippen molar-refractivity contribution in [2.45, 2.75) is 38.4 Å². The number of nitrogens with zero attached hydrogens (tertiary/aromatic N) is 3. The first kappa shape index (κ1) is 25.4. The molecule has 0 bridgehead atoms. The quantitative estimate of drug-likeness (QED) is 0.339. The zero-order valence-electron chi connectivity index (χ0n) is 18.0. The molecule has 0 aromatic carbocycles. The number of halogens is 1. The Morgan fingerprint density at radius 1 is 0.938 bits per heavy atom. The second-order valence-electron chi connectivity index (χ2n) is 7.53. The summed E-state index contributed by atoms with van der Waals surface area (Å²) < 4.78 is 3.73. The first-order valence-corrected chi connectivity index (χ1v) is 11.6. The maximum absolute atomic E-state index is 11.1. The van der Waals surface area contributed by atoms with E-state index in [4.69, 9.17) is 17.2 Å². The molecule has 1 aliphatic rings. The molecule has 10 heteroatoms. The van der Waals surface area contributed by atoms with Crippen molar-refractivity contribution in [2.24, 2.45) is 17.2 Å². The van der Waals surface area contributed by atoms with Crippen LogP contribution < -0.4 is 26.3 Å². The van der Waals surface area contributed by atoms with E-state index in [1.807, 2.05) is 21.5 Å². The highest BCUT2D eigenvalue weighted by molar-refractivity contribution is 9.09. The van der Waals surface area contributed by atoms with Gasteiger partial charge in [0, 0.05) is 24.0 Å². The fourth-order valence-electron chi connectivity index (χ4n) is 3.53. The Balaban J connectivity index is 0.000000258. The molecule has 3 heterocycles. The van der Waals surface area contributed by atoms with Gasteiger partial charge in [0.1, 0.15) is 11.1 Å². The molecule has 32 heavy (non-hydrogen) atoms. The van der Waals surface area contributed by atoms with Crippen LogP contribution in [0.4, 0.5) is 0 Å². The summed E-state index contributed by atoms with van der Waals surface area (Å²) in [7, 11) is 0. The van der Waals surface area contributed by atoms with Crippen molar-refractivity contribution in [1.29, 1.82) is 0 Å². The number of piperidine rings is 1. The van der Waals surface area contributed by atoms with E-state index >= 15 is 0 Å². The average Bonchev–Trinajstić information content (AvgIpc) is 2.79. The minimum absolute atomic E-state index is 0.0173. The lowest BCUT2D eigenvalue weighted by atomic mass is 10.0. The van der Waals surface area contributed by atoms with Gasteiger partial charge in [-0.2, -0.15) is 9.13 Å². The summed E-state index contributed by atoms with van der Waals surface area (Å²) in [5.74, 6) is -1.08. The minimum atomic E-state index is -0.456. The second kappa shape index (κ2) is 12.9. The Kier molecular flexibility index (Phi) is 10.2. The van der Waals surface area contributed by atoms with Crippen LogP contribution in [0.3, 0.4) is 0 Å². The van der Waals surface area contributed by atoms with Gasteiger partial charge < -0.3 is 17.2 Å². The highest BCUT2D eigenvalue weighted by Gasteiger charge is 2.25. The fraction of sp³-hybridized carbons (Fsp3) is 0.409. The van der Waals surface area contributed by atoms with Crippen molar-refractivity contribution >= 4 is 33.7 Å². The number of carbonyl (C=O) groups is 3. The topological polar surface area (TPSA) is 140 Å². The Bertz CT molecular complexity index is 880. The third-order valence-electron chi connectivity index (χ3n) is 5.22. The lowest BCUT2D eigenvalue weighted by Crippen LogP contribution is -2.48. The molecule has 1 fully saturated rings. The van der Waals surface area contributed by atoms with Gasteiger partial charge in [-0.15, -0.1) is 0 Å².